The van der Waals surface area contributed by atoms with E-state index in [1.165, 1.54) is 50.0 Å². The molecule has 1 heterocycles. The monoisotopic (exact) mass is 280 g/mol. The SMILES string of the molecule is CC(C)NCc1ccc(N2CCCCCC2)cc1Cl. The van der Waals surface area contributed by atoms with Crippen LogP contribution in [-0.2, 0) is 6.54 Å². The van der Waals surface area contributed by atoms with Crippen molar-refractivity contribution >= 4 is 17.3 Å². The van der Waals surface area contributed by atoms with E-state index < -0.39 is 0 Å². The Morgan fingerprint density at radius 2 is 1.84 bits per heavy atom. The zero-order valence-corrected chi connectivity index (χ0v) is 12.8. The smallest absolute Gasteiger partial charge is 0.0471 e. The summed E-state index contributed by atoms with van der Waals surface area (Å²) in [4.78, 5) is 2.47. The third-order valence-corrected chi connectivity index (χ3v) is 4.06. The molecule has 0 bridgehead atoms. The quantitative estimate of drug-likeness (QED) is 0.888. The van der Waals surface area contributed by atoms with Crippen LogP contribution in [0.5, 0.6) is 0 Å². The van der Waals surface area contributed by atoms with Gasteiger partial charge in [-0.3, -0.25) is 0 Å². The van der Waals surface area contributed by atoms with Gasteiger partial charge in [-0.2, -0.15) is 0 Å². The fraction of sp³-hybridized carbons (Fsp3) is 0.625. The van der Waals surface area contributed by atoms with E-state index >= 15 is 0 Å². The van der Waals surface area contributed by atoms with Crippen LogP contribution in [-0.4, -0.2) is 19.1 Å². The second-order valence-electron chi connectivity index (χ2n) is 5.71. The fourth-order valence-corrected chi connectivity index (χ4v) is 2.76. The minimum Gasteiger partial charge on any atom is -0.371 e. The lowest BCUT2D eigenvalue weighted by Gasteiger charge is -2.23. The molecule has 0 aromatic heterocycles. The lowest BCUT2D eigenvalue weighted by Crippen LogP contribution is -2.24. The van der Waals surface area contributed by atoms with Gasteiger partial charge < -0.3 is 10.2 Å². The van der Waals surface area contributed by atoms with E-state index in [1.54, 1.807) is 0 Å². The number of hydrogen-bond acceptors (Lipinski definition) is 2. The molecule has 106 valence electrons. The molecule has 1 fully saturated rings. The second-order valence-corrected chi connectivity index (χ2v) is 6.12. The first-order valence-electron chi connectivity index (χ1n) is 7.43. The van der Waals surface area contributed by atoms with Gasteiger partial charge in [0.05, 0.1) is 0 Å². The van der Waals surface area contributed by atoms with Crippen LogP contribution in [0.25, 0.3) is 0 Å². The Bertz CT molecular complexity index is 396. The van der Waals surface area contributed by atoms with E-state index in [9.17, 15) is 0 Å². The van der Waals surface area contributed by atoms with E-state index in [0.717, 1.165) is 11.6 Å². The highest BCUT2D eigenvalue weighted by molar-refractivity contribution is 6.31. The van der Waals surface area contributed by atoms with Crippen LogP contribution in [0.2, 0.25) is 5.02 Å². The van der Waals surface area contributed by atoms with Gasteiger partial charge in [0.1, 0.15) is 0 Å². The van der Waals surface area contributed by atoms with Crippen molar-refractivity contribution in [2.45, 2.75) is 52.1 Å². The van der Waals surface area contributed by atoms with E-state index in [1.807, 2.05) is 0 Å². The largest absolute Gasteiger partial charge is 0.371 e. The molecule has 1 aliphatic rings. The molecular formula is C16H25ClN2. The van der Waals surface area contributed by atoms with Crippen molar-refractivity contribution < 1.29 is 0 Å². The molecule has 0 unspecified atom stereocenters. The van der Waals surface area contributed by atoms with Crippen molar-refractivity contribution in [2.24, 2.45) is 0 Å². The Morgan fingerprint density at radius 3 is 2.42 bits per heavy atom. The molecule has 3 heteroatoms. The molecule has 0 saturated carbocycles. The summed E-state index contributed by atoms with van der Waals surface area (Å²) < 4.78 is 0. The highest BCUT2D eigenvalue weighted by atomic mass is 35.5. The number of anilines is 1. The number of nitrogens with one attached hydrogen (secondary N) is 1. The van der Waals surface area contributed by atoms with Crippen molar-refractivity contribution in [1.82, 2.24) is 5.32 Å². The first-order chi connectivity index (χ1) is 9.16. The molecule has 1 saturated heterocycles. The van der Waals surface area contributed by atoms with E-state index in [4.69, 9.17) is 11.6 Å². The van der Waals surface area contributed by atoms with Gasteiger partial charge in [-0.1, -0.05) is 44.4 Å². The zero-order chi connectivity index (χ0) is 13.7. The van der Waals surface area contributed by atoms with E-state index in [-0.39, 0.29) is 0 Å². The van der Waals surface area contributed by atoms with Crippen molar-refractivity contribution in [2.75, 3.05) is 18.0 Å². The molecule has 2 rings (SSSR count). The molecule has 0 radical (unpaired) electrons. The first kappa shape index (κ1) is 14.7. The summed E-state index contributed by atoms with van der Waals surface area (Å²) in [5.41, 5.74) is 2.47. The lowest BCUT2D eigenvalue weighted by molar-refractivity contribution is 0.589. The maximum Gasteiger partial charge on any atom is 0.0471 e. The molecule has 1 N–H and O–H groups in total. The maximum atomic E-state index is 6.41. The summed E-state index contributed by atoms with van der Waals surface area (Å²) in [6.07, 6.45) is 5.32. The van der Waals surface area contributed by atoms with Crippen LogP contribution >= 0.6 is 11.6 Å². The number of rotatable bonds is 4. The summed E-state index contributed by atoms with van der Waals surface area (Å²) in [5, 5.41) is 4.30. The summed E-state index contributed by atoms with van der Waals surface area (Å²) in [6.45, 7) is 7.48. The van der Waals surface area contributed by atoms with Gasteiger partial charge in [-0.15, -0.1) is 0 Å². The van der Waals surface area contributed by atoms with Gasteiger partial charge in [-0.25, -0.2) is 0 Å². The highest BCUT2D eigenvalue weighted by Gasteiger charge is 2.11. The third kappa shape index (κ3) is 4.39. The third-order valence-electron chi connectivity index (χ3n) is 3.71. The topological polar surface area (TPSA) is 15.3 Å². The Labute approximate surface area is 122 Å². The van der Waals surface area contributed by atoms with Gasteiger partial charge in [0.15, 0.2) is 0 Å². The van der Waals surface area contributed by atoms with Crippen molar-refractivity contribution in [3.05, 3.63) is 28.8 Å². The average Bonchev–Trinajstić information content (AvgIpc) is 2.66. The highest BCUT2D eigenvalue weighted by Crippen LogP contribution is 2.25. The van der Waals surface area contributed by atoms with Crippen LogP contribution in [0.4, 0.5) is 5.69 Å². The van der Waals surface area contributed by atoms with Crippen LogP contribution in [0, 0.1) is 0 Å². The van der Waals surface area contributed by atoms with Crippen LogP contribution in [0.3, 0.4) is 0 Å². The van der Waals surface area contributed by atoms with E-state index in [2.05, 4.69) is 42.3 Å². The fourth-order valence-electron chi connectivity index (χ4n) is 2.52. The molecule has 1 aliphatic heterocycles. The number of benzene rings is 1. The molecule has 0 aliphatic carbocycles. The Hall–Kier alpha value is -0.730. The van der Waals surface area contributed by atoms with Crippen LogP contribution < -0.4 is 10.2 Å². The van der Waals surface area contributed by atoms with E-state index in [0.29, 0.717) is 6.04 Å². The van der Waals surface area contributed by atoms with Gasteiger partial charge in [0, 0.05) is 36.4 Å². The maximum absolute atomic E-state index is 6.41. The Kier molecular flexibility index (Phi) is 5.53. The standard InChI is InChI=1S/C16H25ClN2/c1-13(2)18-12-14-7-8-15(11-16(14)17)19-9-5-3-4-6-10-19/h7-8,11,13,18H,3-6,9-10,12H2,1-2H3. The molecule has 2 nitrogen and oxygen atoms in total. The Morgan fingerprint density at radius 1 is 1.16 bits per heavy atom. The minimum absolute atomic E-state index is 0.487. The van der Waals surface area contributed by atoms with Crippen molar-refractivity contribution in [1.29, 1.82) is 0 Å². The number of halogens is 1. The van der Waals surface area contributed by atoms with Gasteiger partial charge in [0.2, 0.25) is 0 Å². The summed E-state index contributed by atoms with van der Waals surface area (Å²) in [7, 11) is 0. The van der Waals surface area contributed by atoms with Gasteiger partial charge in [-0.05, 0) is 30.5 Å². The second kappa shape index (κ2) is 7.16. The molecular weight excluding hydrogens is 256 g/mol. The normalized spacial score (nSPS) is 16.7. The molecule has 0 amide bonds. The van der Waals surface area contributed by atoms with Crippen molar-refractivity contribution in [3.63, 3.8) is 0 Å². The minimum atomic E-state index is 0.487. The molecule has 0 spiro atoms. The molecule has 1 aromatic rings. The predicted molar refractivity (Wildman–Crippen MR) is 84.1 cm³/mol. The molecule has 0 atom stereocenters. The zero-order valence-electron chi connectivity index (χ0n) is 12.1. The predicted octanol–water partition coefficient (Wildman–Crippen LogP) is 4.22. The van der Waals surface area contributed by atoms with Crippen molar-refractivity contribution in [3.8, 4) is 0 Å². The Balaban J connectivity index is 2.04. The van der Waals surface area contributed by atoms with Gasteiger partial charge in [0.25, 0.3) is 0 Å². The lowest BCUT2D eigenvalue weighted by atomic mass is 10.1. The molecule has 19 heavy (non-hydrogen) atoms. The van der Waals surface area contributed by atoms with Crippen LogP contribution in [0.1, 0.15) is 45.1 Å². The number of nitrogens with zero attached hydrogens (tertiary/aromatic N) is 1. The average molecular weight is 281 g/mol. The summed E-state index contributed by atoms with van der Waals surface area (Å²) in [6, 6.07) is 7.00. The first-order valence-corrected chi connectivity index (χ1v) is 7.81. The van der Waals surface area contributed by atoms with Gasteiger partial charge >= 0.3 is 0 Å². The summed E-state index contributed by atoms with van der Waals surface area (Å²) in [5.74, 6) is 0. The van der Waals surface area contributed by atoms with Crippen LogP contribution in [0.15, 0.2) is 18.2 Å². The summed E-state index contributed by atoms with van der Waals surface area (Å²) >= 11 is 6.41. The number of hydrogen-bond donors (Lipinski definition) is 1. The molecule has 1 aromatic carbocycles.